The Bertz CT molecular complexity index is 1900. The number of nitro groups is 2. The molecule has 0 aliphatic heterocycles. The zero-order valence-corrected chi connectivity index (χ0v) is 22.9. The number of imidazole rings is 2. The largest absolute Gasteiger partial charge is 0.461 e. The molecule has 0 aliphatic carbocycles. The molecule has 0 fully saturated rings. The number of benzene rings is 2. The highest BCUT2D eigenvalue weighted by atomic mass is 32.1. The van der Waals surface area contributed by atoms with Crippen molar-refractivity contribution in [2.75, 3.05) is 6.61 Å². The van der Waals surface area contributed by atoms with Crippen molar-refractivity contribution in [3.8, 4) is 22.5 Å². The summed E-state index contributed by atoms with van der Waals surface area (Å²) in [6, 6.07) is 13.0. The van der Waals surface area contributed by atoms with Crippen LogP contribution in [-0.2, 0) is 11.3 Å². The molecule has 0 unspecified atom stereocenters. The minimum absolute atomic E-state index is 0.00795. The molecule has 4 aromatic heterocycles. The lowest BCUT2D eigenvalue weighted by Crippen LogP contribution is -2.04. The van der Waals surface area contributed by atoms with Crippen LogP contribution in [0.3, 0.4) is 0 Å². The molecule has 6 rings (SSSR count). The first kappa shape index (κ1) is 27.6. The van der Waals surface area contributed by atoms with Crippen LogP contribution in [0.2, 0.25) is 0 Å². The van der Waals surface area contributed by atoms with Crippen molar-refractivity contribution in [3.63, 3.8) is 0 Å². The highest BCUT2D eigenvalue weighted by Crippen LogP contribution is 2.34. The highest BCUT2D eigenvalue weighted by Gasteiger charge is 2.21. The number of aromatic nitrogens is 4. The third-order valence-electron chi connectivity index (χ3n) is 5.87. The first-order chi connectivity index (χ1) is 19.8. The van der Waals surface area contributed by atoms with Gasteiger partial charge in [0.25, 0.3) is 11.4 Å². The number of hydrogen-bond acceptors (Lipinski definition) is 11. The van der Waals surface area contributed by atoms with E-state index in [2.05, 4.69) is 9.97 Å². The van der Waals surface area contributed by atoms with Crippen molar-refractivity contribution in [2.24, 2.45) is 0 Å². The summed E-state index contributed by atoms with van der Waals surface area (Å²) < 4.78 is 8.34. The topological polar surface area (TPSA) is 167 Å². The highest BCUT2D eigenvalue weighted by molar-refractivity contribution is 7.15. The fourth-order valence-electron chi connectivity index (χ4n) is 4.08. The van der Waals surface area contributed by atoms with Gasteiger partial charge in [-0.3, -0.25) is 29.0 Å². The van der Waals surface area contributed by atoms with Crippen LogP contribution in [0.4, 0.5) is 11.4 Å². The third kappa shape index (κ3) is 5.41. The lowest BCUT2D eigenvalue weighted by molar-refractivity contribution is -0.384. The normalized spacial score (nSPS) is 10.9. The summed E-state index contributed by atoms with van der Waals surface area (Å²) in [5.74, 6) is -0.507. The first-order valence-corrected chi connectivity index (χ1v) is 13.8. The molecule has 15 heteroatoms. The van der Waals surface area contributed by atoms with Crippen LogP contribution in [0, 0.1) is 20.2 Å². The molecule has 0 spiro atoms. The molecule has 0 bridgehead atoms. The first-order valence-electron chi connectivity index (χ1n) is 12.0. The number of rotatable bonds is 7. The van der Waals surface area contributed by atoms with Crippen LogP contribution in [0.15, 0.2) is 71.7 Å². The van der Waals surface area contributed by atoms with Gasteiger partial charge in [0.05, 0.1) is 51.3 Å². The minimum Gasteiger partial charge on any atom is -0.461 e. The summed E-state index contributed by atoms with van der Waals surface area (Å²) in [6.07, 6.45) is 3.23. The number of fused-ring (bicyclic) bond motifs is 2. The predicted molar refractivity (Wildman–Crippen MR) is 152 cm³/mol. The molecule has 2 aromatic carbocycles. The maximum absolute atomic E-state index is 11.7. The number of aliphatic hydroxyl groups is 1. The number of carbonyl (C=O) groups is 1. The number of esters is 1. The number of thiazole rings is 2. The number of hydrogen-bond donors (Lipinski definition) is 1. The standard InChI is InChI=1S/C14H11N3O4S.C12H9N3O3S/c1-2-21-13(18)10-7-16-12(8-22-14(16)15-10)9-5-3-4-6-11(9)17(19)20;16-6-8-5-14-11(7-19-12(14)13-8)9-3-1-2-4-10(9)15(17)18/h3-8H,2H2,1H3;1-5,7,16H,6H2. The van der Waals surface area contributed by atoms with E-state index in [0.717, 1.165) is 0 Å². The van der Waals surface area contributed by atoms with E-state index in [1.54, 1.807) is 63.7 Å². The molecule has 6 aromatic rings. The van der Waals surface area contributed by atoms with Crippen molar-refractivity contribution < 1.29 is 24.5 Å². The molecule has 1 N–H and O–H groups in total. The van der Waals surface area contributed by atoms with E-state index in [0.29, 0.717) is 38.1 Å². The monoisotopic (exact) mass is 592 g/mol. The van der Waals surface area contributed by atoms with Gasteiger partial charge in [0.1, 0.15) is 0 Å². The second-order valence-electron chi connectivity index (χ2n) is 8.33. The van der Waals surface area contributed by atoms with Gasteiger partial charge in [0.15, 0.2) is 15.6 Å². The van der Waals surface area contributed by atoms with Crippen LogP contribution in [0.1, 0.15) is 23.1 Å². The van der Waals surface area contributed by atoms with Crippen LogP contribution >= 0.6 is 22.7 Å². The predicted octanol–water partition coefficient (Wildman–Crippen LogP) is 5.61. The smallest absolute Gasteiger partial charge is 0.358 e. The van der Waals surface area contributed by atoms with Gasteiger partial charge in [-0.1, -0.05) is 24.3 Å². The van der Waals surface area contributed by atoms with Crippen molar-refractivity contribution in [2.45, 2.75) is 13.5 Å². The Kier molecular flexibility index (Phi) is 7.82. The van der Waals surface area contributed by atoms with E-state index in [-0.39, 0.29) is 30.3 Å². The van der Waals surface area contributed by atoms with Crippen LogP contribution in [-0.4, -0.2) is 46.3 Å². The van der Waals surface area contributed by atoms with Crippen molar-refractivity contribution in [1.82, 2.24) is 18.8 Å². The van der Waals surface area contributed by atoms with Crippen molar-refractivity contribution in [1.29, 1.82) is 0 Å². The Labute approximate surface area is 238 Å². The van der Waals surface area contributed by atoms with Crippen LogP contribution in [0.5, 0.6) is 0 Å². The Morgan fingerprint density at radius 3 is 1.90 bits per heavy atom. The Morgan fingerprint density at radius 1 is 0.878 bits per heavy atom. The quantitative estimate of drug-likeness (QED) is 0.141. The van der Waals surface area contributed by atoms with Gasteiger partial charge in [-0.2, -0.15) is 0 Å². The Hall–Kier alpha value is -4.99. The zero-order valence-electron chi connectivity index (χ0n) is 21.2. The third-order valence-corrected chi connectivity index (χ3v) is 7.55. The molecule has 4 heterocycles. The second-order valence-corrected chi connectivity index (χ2v) is 10.0. The van der Waals surface area contributed by atoms with Crippen LogP contribution < -0.4 is 0 Å². The molecular formula is C26H20N6O7S2. The number of para-hydroxylation sites is 2. The molecule has 41 heavy (non-hydrogen) atoms. The van der Waals surface area contributed by atoms with Gasteiger partial charge < -0.3 is 9.84 Å². The molecule has 0 aliphatic rings. The van der Waals surface area contributed by atoms with Gasteiger partial charge in [0.2, 0.25) is 0 Å². The number of nitro benzene ring substituents is 2. The van der Waals surface area contributed by atoms with E-state index in [4.69, 9.17) is 9.84 Å². The number of aliphatic hydroxyl groups excluding tert-OH is 1. The van der Waals surface area contributed by atoms with Crippen LogP contribution in [0.25, 0.3) is 32.4 Å². The van der Waals surface area contributed by atoms with Gasteiger partial charge in [0, 0.05) is 35.3 Å². The summed E-state index contributed by atoms with van der Waals surface area (Å²) in [5.41, 5.74) is 3.15. The van der Waals surface area contributed by atoms with E-state index in [1.807, 2.05) is 5.38 Å². The van der Waals surface area contributed by atoms with Gasteiger partial charge in [-0.05, 0) is 19.1 Å². The van der Waals surface area contributed by atoms with Gasteiger partial charge >= 0.3 is 5.97 Å². The molecule has 0 radical (unpaired) electrons. The van der Waals surface area contributed by atoms with E-state index in [1.165, 1.54) is 41.0 Å². The van der Waals surface area contributed by atoms with E-state index in [9.17, 15) is 25.0 Å². The summed E-state index contributed by atoms with van der Waals surface area (Å²) in [5, 5.41) is 34.9. The number of nitrogens with zero attached hydrogens (tertiary/aromatic N) is 6. The summed E-state index contributed by atoms with van der Waals surface area (Å²) in [4.78, 5) is 42.8. The molecule has 13 nitrogen and oxygen atoms in total. The van der Waals surface area contributed by atoms with Crippen molar-refractivity contribution >= 4 is 49.9 Å². The number of carbonyl (C=O) groups excluding carboxylic acids is 1. The maximum atomic E-state index is 11.7. The zero-order chi connectivity index (χ0) is 29.1. The molecule has 0 amide bonds. The summed E-state index contributed by atoms with van der Waals surface area (Å²) >= 11 is 2.69. The fourth-order valence-corrected chi connectivity index (χ4v) is 5.85. The lowest BCUT2D eigenvalue weighted by atomic mass is 10.1. The van der Waals surface area contributed by atoms with Gasteiger partial charge in [-0.15, -0.1) is 22.7 Å². The number of ether oxygens (including phenoxy) is 1. The average molecular weight is 593 g/mol. The lowest BCUT2D eigenvalue weighted by Gasteiger charge is -2.01. The van der Waals surface area contributed by atoms with Crippen molar-refractivity contribution in [3.05, 3.63) is 103 Å². The van der Waals surface area contributed by atoms with E-state index < -0.39 is 15.8 Å². The Balaban J connectivity index is 0.000000166. The Morgan fingerprint density at radius 2 is 1.39 bits per heavy atom. The molecular weight excluding hydrogens is 572 g/mol. The second kappa shape index (κ2) is 11.6. The molecule has 208 valence electrons. The summed E-state index contributed by atoms with van der Waals surface area (Å²) in [7, 11) is 0. The maximum Gasteiger partial charge on any atom is 0.358 e. The molecule has 0 saturated carbocycles. The molecule has 0 saturated heterocycles. The average Bonchev–Trinajstić information content (AvgIpc) is 3.74. The fraction of sp³-hybridized carbons (Fsp3) is 0.115. The van der Waals surface area contributed by atoms with E-state index >= 15 is 0 Å². The molecule has 0 atom stereocenters. The summed E-state index contributed by atoms with van der Waals surface area (Å²) in [6.45, 7) is 1.83. The van der Waals surface area contributed by atoms with Gasteiger partial charge in [-0.25, -0.2) is 14.8 Å². The SMILES string of the molecule is CCOC(=O)c1cn2c(-c3ccccc3[N+](=O)[O-])csc2n1.O=[N+]([O-])c1ccccc1-c1csc2nc(CO)cn12. The minimum atomic E-state index is -0.507.